The normalized spacial score (nSPS) is 29.3. The summed E-state index contributed by atoms with van der Waals surface area (Å²) in [4.78, 5) is 25.7. The maximum absolute atomic E-state index is 12.6. The molecular weight excluding hydrogens is 506 g/mol. The van der Waals surface area contributed by atoms with Gasteiger partial charge in [-0.3, -0.25) is 23.4 Å². The molecule has 10 nitrogen and oxygen atoms in total. The predicted octanol–water partition coefficient (Wildman–Crippen LogP) is 1.52. The molecule has 0 spiro atoms. The van der Waals surface area contributed by atoms with Gasteiger partial charge in [0, 0.05) is 18.2 Å². The summed E-state index contributed by atoms with van der Waals surface area (Å²) in [5.74, 6) is 0.414. The van der Waals surface area contributed by atoms with Crippen molar-refractivity contribution in [1.29, 1.82) is 0 Å². The molecule has 2 aliphatic heterocycles. The van der Waals surface area contributed by atoms with Crippen molar-refractivity contribution in [2.75, 3.05) is 6.61 Å². The number of phosphoric ester groups is 1. The molecule has 2 N–H and O–H groups in total. The number of aliphatic hydroxyl groups is 1. The van der Waals surface area contributed by atoms with Gasteiger partial charge >= 0.3 is 13.5 Å². The zero-order valence-corrected chi connectivity index (χ0v) is 17.4. The second kappa shape index (κ2) is 7.73. The summed E-state index contributed by atoms with van der Waals surface area (Å²) < 4.78 is 35.7. The summed E-state index contributed by atoms with van der Waals surface area (Å²) in [5, 5.41) is 10.2. The van der Waals surface area contributed by atoms with Crippen molar-refractivity contribution in [3.63, 3.8) is 0 Å². The maximum Gasteiger partial charge on any atom is 0.530 e. The number of ether oxygens (including phenoxy) is 1. The number of phosphoric acid groups is 1. The van der Waals surface area contributed by atoms with Crippen molar-refractivity contribution >= 4 is 30.4 Å². The Kier molecular flexibility index (Phi) is 5.47. The molecule has 28 heavy (non-hydrogen) atoms. The van der Waals surface area contributed by atoms with E-state index in [0.29, 0.717) is 9.32 Å². The molecule has 0 unspecified atom stereocenters. The number of hydrogen-bond acceptors (Lipinski definition) is 8. The SMILES string of the molecule is O=c1[nH]c(=O)n([C@H]2C[C@H](O)[C@@H](CO[P@]3(=O)OCc4ccccc4O3)O2)cc1I. The number of fused-ring (bicyclic) bond motifs is 1. The van der Waals surface area contributed by atoms with Crippen molar-refractivity contribution in [2.24, 2.45) is 0 Å². The van der Waals surface area contributed by atoms with Crippen LogP contribution in [0, 0.1) is 3.57 Å². The van der Waals surface area contributed by atoms with E-state index >= 15 is 0 Å². The van der Waals surface area contributed by atoms with Crippen LogP contribution in [0.3, 0.4) is 0 Å². The number of nitrogens with one attached hydrogen (secondary N) is 1. The molecule has 0 bridgehead atoms. The molecule has 1 aromatic carbocycles. The largest absolute Gasteiger partial charge is 0.530 e. The molecule has 2 aromatic rings. The number of hydrogen-bond donors (Lipinski definition) is 2. The van der Waals surface area contributed by atoms with E-state index < -0.39 is 37.5 Å². The average Bonchev–Trinajstić information content (AvgIpc) is 3.03. The summed E-state index contributed by atoms with van der Waals surface area (Å²) in [7, 11) is -3.85. The molecular formula is C16H16IN2O8P. The predicted molar refractivity (Wildman–Crippen MR) is 104 cm³/mol. The van der Waals surface area contributed by atoms with Crippen LogP contribution in [0.25, 0.3) is 0 Å². The molecule has 3 heterocycles. The zero-order chi connectivity index (χ0) is 19.9. The summed E-state index contributed by atoms with van der Waals surface area (Å²) in [6.45, 7) is -0.179. The number of benzene rings is 1. The Hall–Kier alpha value is -1.50. The highest BCUT2D eigenvalue weighted by atomic mass is 127. The summed E-state index contributed by atoms with van der Waals surface area (Å²) in [5.41, 5.74) is -0.389. The summed E-state index contributed by atoms with van der Waals surface area (Å²) in [6.07, 6.45) is -1.15. The first kappa shape index (κ1) is 19.8. The second-order valence-corrected chi connectivity index (χ2v) is 9.05. The Morgan fingerprint density at radius 1 is 1.36 bits per heavy atom. The molecule has 1 fully saturated rings. The first-order valence-corrected chi connectivity index (χ1v) is 10.9. The van der Waals surface area contributed by atoms with E-state index in [-0.39, 0.29) is 19.6 Å². The fourth-order valence-electron chi connectivity index (χ4n) is 2.95. The lowest BCUT2D eigenvalue weighted by atomic mass is 10.2. The molecule has 1 aromatic heterocycles. The quantitative estimate of drug-likeness (QED) is 0.457. The highest BCUT2D eigenvalue weighted by molar-refractivity contribution is 14.1. The highest BCUT2D eigenvalue weighted by Crippen LogP contribution is 2.54. The second-order valence-electron chi connectivity index (χ2n) is 6.29. The molecule has 2 aliphatic rings. The zero-order valence-electron chi connectivity index (χ0n) is 14.3. The minimum Gasteiger partial charge on any atom is -0.404 e. The number of rotatable bonds is 4. The number of aromatic nitrogens is 2. The van der Waals surface area contributed by atoms with E-state index in [0.717, 1.165) is 5.56 Å². The van der Waals surface area contributed by atoms with Crippen LogP contribution in [0.1, 0.15) is 18.2 Å². The number of aromatic amines is 1. The molecule has 12 heteroatoms. The van der Waals surface area contributed by atoms with Gasteiger partial charge in [-0.05, 0) is 28.7 Å². The molecule has 0 radical (unpaired) electrons. The third-order valence-electron chi connectivity index (χ3n) is 4.40. The van der Waals surface area contributed by atoms with E-state index in [1.165, 1.54) is 10.8 Å². The number of halogens is 1. The van der Waals surface area contributed by atoms with Crippen molar-refractivity contribution in [1.82, 2.24) is 9.55 Å². The minimum atomic E-state index is -3.85. The fourth-order valence-corrected chi connectivity index (χ4v) is 4.61. The number of aliphatic hydroxyl groups excluding tert-OH is 1. The molecule has 4 rings (SSSR count). The van der Waals surface area contributed by atoms with Crippen molar-refractivity contribution in [2.45, 2.75) is 31.5 Å². The van der Waals surface area contributed by atoms with E-state index in [9.17, 15) is 19.3 Å². The van der Waals surface area contributed by atoms with Crippen molar-refractivity contribution < 1.29 is 28.0 Å². The van der Waals surface area contributed by atoms with E-state index in [1.54, 1.807) is 40.8 Å². The summed E-state index contributed by atoms with van der Waals surface area (Å²) in [6, 6.07) is 7.00. The third kappa shape index (κ3) is 3.95. The molecule has 0 aliphatic carbocycles. The van der Waals surface area contributed by atoms with Gasteiger partial charge in [0.15, 0.2) is 0 Å². The van der Waals surface area contributed by atoms with Gasteiger partial charge in [-0.15, -0.1) is 0 Å². The Morgan fingerprint density at radius 2 is 2.14 bits per heavy atom. The van der Waals surface area contributed by atoms with Gasteiger partial charge in [0.25, 0.3) is 5.56 Å². The highest BCUT2D eigenvalue weighted by Gasteiger charge is 2.40. The smallest absolute Gasteiger partial charge is 0.404 e. The monoisotopic (exact) mass is 522 g/mol. The van der Waals surface area contributed by atoms with Gasteiger partial charge in [0.1, 0.15) is 18.1 Å². The summed E-state index contributed by atoms with van der Waals surface area (Å²) >= 11 is 1.80. The van der Waals surface area contributed by atoms with Gasteiger partial charge < -0.3 is 14.4 Å². The molecule has 150 valence electrons. The number of para-hydroxylation sites is 1. The fraction of sp³-hybridized carbons (Fsp3) is 0.375. The van der Waals surface area contributed by atoms with Crippen LogP contribution in [0.5, 0.6) is 5.75 Å². The van der Waals surface area contributed by atoms with Gasteiger partial charge in [-0.25, -0.2) is 9.36 Å². The number of nitrogens with zero attached hydrogens (tertiary/aromatic N) is 1. The lowest BCUT2D eigenvalue weighted by Crippen LogP contribution is -2.33. The van der Waals surface area contributed by atoms with Gasteiger partial charge in [0.05, 0.1) is 22.9 Å². The lowest BCUT2D eigenvalue weighted by molar-refractivity contribution is -0.0469. The van der Waals surface area contributed by atoms with Gasteiger partial charge in [0.2, 0.25) is 0 Å². The Labute approximate surface area is 172 Å². The van der Waals surface area contributed by atoms with Crippen LogP contribution < -0.4 is 15.8 Å². The Bertz CT molecular complexity index is 1050. The molecule has 0 amide bonds. The van der Waals surface area contributed by atoms with Crippen molar-refractivity contribution in [3.8, 4) is 5.75 Å². The topological polar surface area (TPSA) is 129 Å². The van der Waals surface area contributed by atoms with Crippen LogP contribution in [0.2, 0.25) is 0 Å². The van der Waals surface area contributed by atoms with Crippen LogP contribution >= 0.6 is 30.4 Å². The molecule has 0 saturated carbocycles. The Balaban J connectivity index is 1.43. The van der Waals surface area contributed by atoms with E-state index in [4.69, 9.17) is 18.3 Å². The van der Waals surface area contributed by atoms with Crippen LogP contribution in [-0.4, -0.2) is 33.5 Å². The first-order valence-electron chi connectivity index (χ1n) is 8.36. The van der Waals surface area contributed by atoms with Crippen LogP contribution in [0.4, 0.5) is 0 Å². The Morgan fingerprint density at radius 3 is 2.96 bits per heavy atom. The van der Waals surface area contributed by atoms with Crippen molar-refractivity contribution in [3.05, 3.63) is 60.4 Å². The van der Waals surface area contributed by atoms with Gasteiger partial charge in [-0.1, -0.05) is 18.2 Å². The van der Waals surface area contributed by atoms with Crippen LogP contribution in [-0.2, 0) is 25.0 Å². The molecule has 4 atom stereocenters. The van der Waals surface area contributed by atoms with E-state index in [2.05, 4.69) is 4.98 Å². The average molecular weight is 522 g/mol. The maximum atomic E-state index is 12.6. The van der Waals surface area contributed by atoms with Gasteiger partial charge in [-0.2, -0.15) is 0 Å². The molecule has 1 saturated heterocycles. The standard InChI is InChI=1S/C16H16IN2O8P/c17-10-6-19(16(22)18-15(10)21)14-5-11(20)13(26-14)8-25-28(23)24-7-9-3-1-2-4-12(9)27-28/h1-4,6,11,13-14,20H,5,7-8H2,(H,18,21,22)/t11-,13+,14+,28-/m0/s1. The first-order chi connectivity index (χ1) is 13.3. The lowest BCUT2D eigenvalue weighted by Gasteiger charge is -2.26. The van der Waals surface area contributed by atoms with Crippen LogP contribution in [0.15, 0.2) is 40.1 Å². The third-order valence-corrected chi connectivity index (χ3v) is 6.50. The number of H-pyrrole nitrogens is 1. The minimum absolute atomic E-state index is 0.0787. The van der Waals surface area contributed by atoms with E-state index in [1.807, 2.05) is 6.07 Å².